The zero-order valence-electron chi connectivity index (χ0n) is 8.97. The van der Waals surface area contributed by atoms with Gasteiger partial charge in [-0.3, -0.25) is 4.79 Å². The Labute approximate surface area is 93.5 Å². The molecule has 0 atom stereocenters. The maximum atomic E-state index is 12.1. The van der Waals surface area contributed by atoms with Crippen molar-refractivity contribution in [2.75, 3.05) is 13.1 Å². The van der Waals surface area contributed by atoms with Crippen LogP contribution in [-0.4, -0.2) is 33.3 Å². The summed E-state index contributed by atoms with van der Waals surface area (Å²) >= 11 is 0. The van der Waals surface area contributed by atoms with E-state index < -0.39 is 0 Å². The summed E-state index contributed by atoms with van der Waals surface area (Å²) in [6, 6.07) is 5.76. The van der Waals surface area contributed by atoms with Crippen LogP contribution in [0, 0.1) is 0 Å². The number of hydrogen-bond acceptors (Lipinski definition) is 2. The van der Waals surface area contributed by atoms with Crippen LogP contribution in [0.5, 0.6) is 0 Å². The molecule has 1 fully saturated rings. The highest BCUT2D eigenvalue weighted by molar-refractivity contribution is 5.93. The first-order valence-corrected chi connectivity index (χ1v) is 5.57. The van der Waals surface area contributed by atoms with Gasteiger partial charge >= 0.3 is 0 Å². The van der Waals surface area contributed by atoms with E-state index in [1.54, 1.807) is 6.20 Å². The lowest BCUT2D eigenvalue weighted by atomic mass is 10.4. The first-order valence-electron chi connectivity index (χ1n) is 5.57. The fraction of sp³-hybridized carbons (Fsp3) is 0.333. The first-order chi connectivity index (χ1) is 7.84. The minimum Gasteiger partial charge on any atom is -0.337 e. The molecular weight excluding hydrogens is 202 g/mol. The Bertz CT molecular complexity index is 493. The van der Waals surface area contributed by atoms with Crippen LogP contribution in [0.2, 0.25) is 0 Å². The molecule has 0 aliphatic carbocycles. The third-order valence-corrected chi connectivity index (χ3v) is 2.98. The molecule has 1 saturated heterocycles. The largest absolute Gasteiger partial charge is 0.337 e. The molecule has 2 aromatic heterocycles. The Hall–Kier alpha value is -1.84. The van der Waals surface area contributed by atoms with Gasteiger partial charge < -0.3 is 9.30 Å². The number of amides is 1. The molecule has 82 valence electrons. The van der Waals surface area contributed by atoms with Gasteiger partial charge in [0.05, 0.1) is 0 Å². The van der Waals surface area contributed by atoms with Gasteiger partial charge in [-0.25, -0.2) is 4.98 Å². The average molecular weight is 215 g/mol. The Balaban J connectivity index is 1.96. The Kier molecular flexibility index (Phi) is 2.13. The monoisotopic (exact) mass is 215 g/mol. The molecule has 0 spiro atoms. The van der Waals surface area contributed by atoms with E-state index in [0.717, 1.165) is 31.6 Å². The van der Waals surface area contributed by atoms with Gasteiger partial charge in [-0.15, -0.1) is 0 Å². The lowest BCUT2D eigenvalue weighted by molar-refractivity contribution is 0.0787. The van der Waals surface area contributed by atoms with Crippen molar-refractivity contribution in [3.63, 3.8) is 0 Å². The Morgan fingerprint density at radius 1 is 1.25 bits per heavy atom. The van der Waals surface area contributed by atoms with Crippen molar-refractivity contribution in [3.8, 4) is 0 Å². The van der Waals surface area contributed by atoms with Crippen LogP contribution in [0.25, 0.3) is 5.65 Å². The highest BCUT2D eigenvalue weighted by atomic mass is 16.2. The molecule has 0 unspecified atom stereocenters. The maximum absolute atomic E-state index is 12.1. The molecule has 0 N–H and O–H groups in total. The second-order valence-electron chi connectivity index (χ2n) is 4.09. The number of nitrogens with zero attached hydrogens (tertiary/aromatic N) is 3. The van der Waals surface area contributed by atoms with Crippen LogP contribution in [0.4, 0.5) is 0 Å². The van der Waals surface area contributed by atoms with Crippen LogP contribution in [0.1, 0.15) is 23.3 Å². The second-order valence-corrected chi connectivity index (χ2v) is 4.09. The highest BCUT2D eigenvalue weighted by Crippen LogP contribution is 2.13. The predicted octanol–water partition coefficient (Wildman–Crippen LogP) is 1.57. The summed E-state index contributed by atoms with van der Waals surface area (Å²) in [5.74, 6) is 0.0567. The van der Waals surface area contributed by atoms with Crippen LogP contribution in [-0.2, 0) is 0 Å². The van der Waals surface area contributed by atoms with Crippen molar-refractivity contribution < 1.29 is 4.79 Å². The summed E-state index contributed by atoms with van der Waals surface area (Å²) in [5, 5.41) is 0. The Morgan fingerprint density at radius 2 is 2.06 bits per heavy atom. The van der Waals surface area contributed by atoms with E-state index in [0.29, 0.717) is 5.69 Å². The molecule has 3 heterocycles. The number of rotatable bonds is 1. The van der Waals surface area contributed by atoms with Gasteiger partial charge in [-0.1, -0.05) is 6.07 Å². The molecule has 0 radical (unpaired) electrons. The van der Waals surface area contributed by atoms with E-state index >= 15 is 0 Å². The molecule has 16 heavy (non-hydrogen) atoms. The van der Waals surface area contributed by atoms with Crippen molar-refractivity contribution in [2.45, 2.75) is 12.8 Å². The van der Waals surface area contributed by atoms with Crippen molar-refractivity contribution >= 4 is 11.6 Å². The van der Waals surface area contributed by atoms with E-state index in [1.165, 1.54) is 0 Å². The molecule has 3 rings (SSSR count). The third kappa shape index (κ3) is 1.46. The Morgan fingerprint density at radius 3 is 2.81 bits per heavy atom. The van der Waals surface area contributed by atoms with Crippen molar-refractivity contribution in [2.24, 2.45) is 0 Å². The summed E-state index contributed by atoms with van der Waals surface area (Å²) in [5.41, 5.74) is 1.37. The van der Waals surface area contributed by atoms with E-state index in [9.17, 15) is 4.79 Å². The topological polar surface area (TPSA) is 37.6 Å². The SMILES string of the molecule is O=C(c1cn2ccccc2n1)N1CCCC1. The molecule has 0 saturated carbocycles. The number of carbonyl (C=O) groups is 1. The number of fused-ring (bicyclic) bond motifs is 1. The molecule has 0 aromatic carbocycles. The molecule has 4 heteroatoms. The normalized spacial score (nSPS) is 15.9. The zero-order chi connectivity index (χ0) is 11.0. The zero-order valence-corrected chi connectivity index (χ0v) is 8.97. The minimum absolute atomic E-state index is 0.0567. The van der Waals surface area contributed by atoms with Crippen LogP contribution in [0.3, 0.4) is 0 Å². The minimum atomic E-state index is 0.0567. The lowest BCUT2D eigenvalue weighted by Crippen LogP contribution is -2.27. The fourth-order valence-electron chi connectivity index (χ4n) is 2.12. The molecule has 0 bridgehead atoms. The van der Waals surface area contributed by atoms with Crippen molar-refractivity contribution in [1.29, 1.82) is 0 Å². The van der Waals surface area contributed by atoms with E-state index in [2.05, 4.69) is 4.98 Å². The van der Waals surface area contributed by atoms with Gasteiger partial charge in [-0.05, 0) is 25.0 Å². The van der Waals surface area contributed by atoms with Crippen LogP contribution >= 0.6 is 0 Å². The summed E-state index contributed by atoms with van der Waals surface area (Å²) in [6.07, 6.45) is 5.93. The standard InChI is InChI=1S/C12H13N3O/c16-12(14-6-3-4-7-14)10-9-15-8-2-1-5-11(15)13-10/h1-2,5,8-9H,3-4,6-7H2. The second kappa shape index (κ2) is 3.63. The maximum Gasteiger partial charge on any atom is 0.274 e. The number of imidazole rings is 1. The number of carbonyl (C=O) groups excluding carboxylic acids is 1. The number of pyridine rings is 1. The van der Waals surface area contributed by atoms with E-state index in [4.69, 9.17) is 0 Å². The average Bonchev–Trinajstić information content (AvgIpc) is 2.97. The molecule has 1 aliphatic heterocycles. The fourth-order valence-corrected chi connectivity index (χ4v) is 2.12. The van der Waals surface area contributed by atoms with E-state index in [1.807, 2.05) is 33.7 Å². The van der Waals surface area contributed by atoms with Gasteiger partial charge in [0, 0.05) is 25.5 Å². The number of aromatic nitrogens is 2. The van der Waals surface area contributed by atoms with Gasteiger partial charge in [-0.2, -0.15) is 0 Å². The number of likely N-dealkylation sites (tertiary alicyclic amines) is 1. The molecule has 1 amide bonds. The molecular formula is C12H13N3O. The highest BCUT2D eigenvalue weighted by Gasteiger charge is 2.21. The molecule has 1 aliphatic rings. The summed E-state index contributed by atoms with van der Waals surface area (Å²) in [4.78, 5) is 18.3. The van der Waals surface area contributed by atoms with Gasteiger partial charge in [0.2, 0.25) is 0 Å². The van der Waals surface area contributed by atoms with E-state index in [-0.39, 0.29) is 5.91 Å². The third-order valence-electron chi connectivity index (χ3n) is 2.98. The molecule has 4 nitrogen and oxygen atoms in total. The summed E-state index contributed by atoms with van der Waals surface area (Å²) in [6.45, 7) is 1.74. The van der Waals surface area contributed by atoms with Gasteiger partial charge in [0.1, 0.15) is 11.3 Å². The summed E-state index contributed by atoms with van der Waals surface area (Å²) in [7, 11) is 0. The van der Waals surface area contributed by atoms with Gasteiger partial charge in [0.25, 0.3) is 5.91 Å². The van der Waals surface area contributed by atoms with Crippen LogP contribution in [0.15, 0.2) is 30.6 Å². The lowest BCUT2D eigenvalue weighted by Gasteiger charge is -2.12. The smallest absolute Gasteiger partial charge is 0.274 e. The van der Waals surface area contributed by atoms with Gasteiger partial charge in [0.15, 0.2) is 0 Å². The first kappa shape index (κ1) is 9.39. The molecule has 2 aromatic rings. The predicted molar refractivity (Wildman–Crippen MR) is 60.3 cm³/mol. The van der Waals surface area contributed by atoms with Crippen molar-refractivity contribution in [3.05, 3.63) is 36.3 Å². The quantitative estimate of drug-likeness (QED) is 0.724. The van der Waals surface area contributed by atoms with Crippen LogP contribution < -0.4 is 0 Å². The van der Waals surface area contributed by atoms with Crippen molar-refractivity contribution in [1.82, 2.24) is 14.3 Å². The summed E-state index contributed by atoms with van der Waals surface area (Å²) < 4.78 is 1.88. The number of hydrogen-bond donors (Lipinski definition) is 0.